The third-order valence-electron chi connectivity index (χ3n) is 3.52. The van der Waals surface area contributed by atoms with Gasteiger partial charge in [0.15, 0.2) is 0 Å². The van der Waals surface area contributed by atoms with Gasteiger partial charge in [0.25, 0.3) is 0 Å². The molecule has 1 atom stereocenters. The second kappa shape index (κ2) is 9.94. The molecule has 0 radical (unpaired) electrons. The molecule has 0 saturated carbocycles. The number of hydrogen-bond acceptors (Lipinski definition) is 4. The van der Waals surface area contributed by atoms with E-state index in [4.69, 9.17) is 14.5 Å². The van der Waals surface area contributed by atoms with Gasteiger partial charge < -0.3 is 14.5 Å². The van der Waals surface area contributed by atoms with Gasteiger partial charge in [-0.15, -0.1) is 0 Å². The molecule has 1 aromatic carbocycles. The van der Waals surface area contributed by atoms with Crippen LogP contribution in [0.15, 0.2) is 24.3 Å². The summed E-state index contributed by atoms with van der Waals surface area (Å²) in [6.07, 6.45) is 1.91. The fourth-order valence-electron chi connectivity index (χ4n) is 2.24. The van der Waals surface area contributed by atoms with Crippen LogP contribution in [0.1, 0.15) is 50.7 Å². The summed E-state index contributed by atoms with van der Waals surface area (Å²) in [4.78, 5) is 29.1. The lowest BCUT2D eigenvalue weighted by Crippen LogP contribution is -2.14. The molecule has 0 saturated heterocycles. The fraction of sp³-hybridized carbons (Fsp3) is 0.588. The molecule has 1 unspecified atom stereocenters. The Hall–Kier alpha value is -1.20. The highest BCUT2D eigenvalue weighted by Gasteiger charge is 2.17. The van der Waals surface area contributed by atoms with E-state index in [9.17, 15) is 9.36 Å². The van der Waals surface area contributed by atoms with Crippen LogP contribution >= 0.6 is 7.82 Å². The van der Waals surface area contributed by atoms with Gasteiger partial charge >= 0.3 is 13.8 Å². The summed E-state index contributed by atoms with van der Waals surface area (Å²) < 4.78 is 20.0. The van der Waals surface area contributed by atoms with Crippen LogP contribution in [0, 0.1) is 5.92 Å². The Bertz CT molecular complexity index is 549. The summed E-state index contributed by atoms with van der Waals surface area (Å²) in [6.45, 7) is 6.28. The molecule has 0 amide bonds. The fourth-order valence-corrected chi connectivity index (χ4v) is 2.60. The maximum atomic E-state index is 12.0. The number of esters is 1. The maximum absolute atomic E-state index is 12.0. The van der Waals surface area contributed by atoms with Crippen LogP contribution < -0.4 is 0 Å². The number of carbonyl (C=O) groups is 1. The van der Waals surface area contributed by atoms with Gasteiger partial charge in [0.1, 0.15) is 0 Å². The van der Waals surface area contributed by atoms with E-state index < -0.39 is 7.82 Å². The average molecular weight is 358 g/mol. The molecule has 0 aliphatic heterocycles. The van der Waals surface area contributed by atoms with E-state index in [1.54, 1.807) is 6.92 Å². The van der Waals surface area contributed by atoms with Crippen LogP contribution in [-0.2, 0) is 25.0 Å². The zero-order valence-corrected chi connectivity index (χ0v) is 15.4. The van der Waals surface area contributed by atoms with Gasteiger partial charge in [-0.05, 0) is 43.2 Å². The van der Waals surface area contributed by atoms with Crippen LogP contribution in [0.25, 0.3) is 0 Å². The third-order valence-corrected chi connectivity index (χ3v) is 4.04. The Morgan fingerprint density at radius 3 is 2.21 bits per heavy atom. The number of ether oxygens (including phenoxy) is 1. The predicted octanol–water partition coefficient (Wildman–Crippen LogP) is 3.42. The van der Waals surface area contributed by atoms with Crippen molar-refractivity contribution in [2.45, 2.75) is 46.0 Å². The summed E-state index contributed by atoms with van der Waals surface area (Å²) in [6, 6.07) is 7.99. The van der Waals surface area contributed by atoms with Crippen LogP contribution in [0.2, 0.25) is 0 Å². The predicted molar refractivity (Wildman–Crippen MR) is 91.6 cm³/mol. The van der Waals surface area contributed by atoms with E-state index >= 15 is 0 Å². The van der Waals surface area contributed by atoms with Crippen molar-refractivity contribution in [2.75, 3.05) is 13.2 Å². The summed E-state index contributed by atoms with van der Waals surface area (Å²) in [5.74, 6) is -0.0558. The SMILES string of the molecule is CC(C)Cc1ccc(C(C)C(=O)OCCCCOP(=O)(O)O)cc1. The number of phosphoric acid groups is 1. The molecule has 0 bridgehead atoms. The second-order valence-electron chi connectivity index (χ2n) is 6.26. The highest BCUT2D eigenvalue weighted by atomic mass is 31.2. The average Bonchev–Trinajstić information content (AvgIpc) is 2.49. The highest BCUT2D eigenvalue weighted by molar-refractivity contribution is 7.46. The van der Waals surface area contributed by atoms with Gasteiger partial charge in [0.05, 0.1) is 19.1 Å². The molecule has 24 heavy (non-hydrogen) atoms. The van der Waals surface area contributed by atoms with Crippen molar-refractivity contribution in [3.05, 3.63) is 35.4 Å². The Kier molecular flexibility index (Phi) is 8.63. The minimum atomic E-state index is -4.41. The molecule has 0 aromatic heterocycles. The topological polar surface area (TPSA) is 93.1 Å². The van der Waals surface area contributed by atoms with Crippen molar-refractivity contribution in [2.24, 2.45) is 5.92 Å². The van der Waals surface area contributed by atoms with E-state index in [0.29, 0.717) is 18.8 Å². The van der Waals surface area contributed by atoms with E-state index in [1.807, 2.05) is 24.3 Å². The van der Waals surface area contributed by atoms with Crippen molar-refractivity contribution < 1.29 is 28.4 Å². The van der Waals surface area contributed by atoms with Gasteiger partial charge in [-0.25, -0.2) is 4.57 Å². The van der Waals surface area contributed by atoms with Gasteiger partial charge in [-0.3, -0.25) is 9.32 Å². The number of carbonyl (C=O) groups excluding carboxylic acids is 1. The van der Waals surface area contributed by atoms with Gasteiger partial charge in [0.2, 0.25) is 0 Å². The van der Waals surface area contributed by atoms with E-state index in [2.05, 4.69) is 18.4 Å². The minimum Gasteiger partial charge on any atom is -0.465 e. The molecule has 0 spiro atoms. The van der Waals surface area contributed by atoms with Crippen LogP contribution in [0.5, 0.6) is 0 Å². The summed E-state index contributed by atoms with van der Waals surface area (Å²) in [5, 5.41) is 0. The number of unbranched alkanes of at least 4 members (excludes halogenated alkanes) is 1. The zero-order valence-electron chi connectivity index (χ0n) is 14.5. The van der Waals surface area contributed by atoms with Crippen molar-refractivity contribution in [3.8, 4) is 0 Å². The first kappa shape index (κ1) is 20.8. The van der Waals surface area contributed by atoms with Gasteiger partial charge in [-0.1, -0.05) is 38.1 Å². The zero-order chi connectivity index (χ0) is 18.2. The van der Waals surface area contributed by atoms with E-state index in [1.165, 1.54) is 5.56 Å². The quantitative estimate of drug-likeness (QED) is 0.378. The Labute approximate surface area is 143 Å². The molecule has 2 N–H and O–H groups in total. The van der Waals surface area contributed by atoms with Gasteiger partial charge in [-0.2, -0.15) is 0 Å². The molecule has 1 aromatic rings. The van der Waals surface area contributed by atoms with Crippen LogP contribution in [0.4, 0.5) is 0 Å². The first-order valence-corrected chi connectivity index (χ1v) is 9.67. The standard InChI is InChI=1S/C17H27O6P/c1-13(2)12-15-6-8-16(9-7-15)14(3)17(18)22-10-4-5-11-23-24(19,20)21/h6-9,13-14H,4-5,10-12H2,1-3H3,(H2,19,20,21). The third kappa shape index (κ3) is 8.60. The smallest absolute Gasteiger partial charge is 0.465 e. The van der Waals surface area contributed by atoms with Gasteiger partial charge in [0, 0.05) is 0 Å². The first-order valence-electron chi connectivity index (χ1n) is 8.14. The van der Waals surface area contributed by atoms with Crippen molar-refractivity contribution in [1.29, 1.82) is 0 Å². The molecule has 1 rings (SSSR count). The van der Waals surface area contributed by atoms with Crippen molar-refractivity contribution in [1.82, 2.24) is 0 Å². The highest BCUT2D eigenvalue weighted by Crippen LogP contribution is 2.35. The van der Waals surface area contributed by atoms with Crippen LogP contribution in [0.3, 0.4) is 0 Å². The number of benzene rings is 1. The molecular formula is C17H27O6P. The number of phosphoric ester groups is 1. The van der Waals surface area contributed by atoms with Crippen molar-refractivity contribution in [3.63, 3.8) is 0 Å². The minimum absolute atomic E-state index is 0.0608. The number of hydrogen-bond donors (Lipinski definition) is 2. The molecule has 136 valence electrons. The van der Waals surface area contributed by atoms with E-state index in [0.717, 1.165) is 12.0 Å². The summed E-state index contributed by atoms with van der Waals surface area (Å²) in [5.41, 5.74) is 2.16. The molecular weight excluding hydrogens is 331 g/mol. The van der Waals surface area contributed by atoms with Crippen molar-refractivity contribution >= 4 is 13.8 Å². The Balaban J connectivity index is 2.33. The molecule has 6 nitrogen and oxygen atoms in total. The summed E-state index contributed by atoms with van der Waals surface area (Å²) >= 11 is 0. The lowest BCUT2D eigenvalue weighted by Gasteiger charge is -2.13. The molecule has 0 heterocycles. The lowest BCUT2D eigenvalue weighted by molar-refractivity contribution is -0.145. The largest absolute Gasteiger partial charge is 0.469 e. The monoisotopic (exact) mass is 358 g/mol. The maximum Gasteiger partial charge on any atom is 0.469 e. The first-order chi connectivity index (χ1) is 11.2. The Morgan fingerprint density at radius 1 is 1.08 bits per heavy atom. The molecule has 0 aliphatic rings. The Morgan fingerprint density at radius 2 is 1.67 bits per heavy atom. The second-order valence-corrected chi connectivity index (χ2v) is 7.50. The van der Waals surface area contributed by atoms with Crippen LogP contribution in [-0.4, -0.2) is 29.0 Å². The molecule has 7 heteroatoms. The number of rotatable bonds is 10. The summed E-state index contributed by atoms with van der Waals surface area (Å²) in [7, 11) is -4.41. The molecule has 0 aliphatic carbocycles. The lowest BCUT2D eigenvalue weighted by atomic mass is 9.97. The molecule has 0 fully saturated rings. The van der Waals surface area contributed by atoms with E-state index in [-0.39, 0.29) is 25.1 Å². The normalized spacial score (nSPS) is 13.1.